The maximum absolute atomic E-state index is 4.15. The van der Waals surface area contributed by atoms with Crippen LogP contribution in [0.4, 0.5) is 0 Å². The van der Waals surface area contributed by atoms with E-state index in [4.69, 9.17) is 0 Å². The average molecular weight is 229 g/mol. The fraction of sp³-hybridized carbons (Fsp3) is 0.778. The van der Waals surface area contributed by atoms with Crippen LogP contribution in [-0.4, -0.2) is 27.7 Å². The van der Waals surface area contributed by atoms with Crippen LogP contribution in [0.25, 0.3) is 0 Å². The highest BCUT2D eigenvalue weighted by atomic mass is 32.2. The molecule has 14 heavy (non-hydrogen) atoms. The van der Waals surface area contributed by atoms with Crippen LogP contribution in [0.5, 0.6) is 0 Å². The fourth-order valence-electron chi connectivity index (χ4n) is 1.15. The Morgan fingerprint density at radius 2 is 2.57 bits per heavy atom. The summed E-state index contributed by atoms with van der Waals surface area (Å²) in [6, 6.07) is 0.823. The number of nitrogens with one attached hydrogen (secondary N) is 1. The molecule has 0 bridgehead atoms. The molecule has 0 aromatic carbocycles. The van der Waals surface area contributed by atoms with Gasteiger partial charge in [0, 0.05) is 11.8 Å². The topological polar surface area (TPSA) is 37.8 Å². The van der Waals surface area contributed by atoms with E-state index in [-0.39, 0.29) is 0 Å². The zero-order valence-electron chi connectivity index (χ0n) is 8.27. The summed E-state index contributed by atoms with van der Waals surface area (Å²) in [5.74, 6) is 1.85. The number of nitrogens with zero attached hydrogens (tertiary/aromatic N) is 2. The molecule has 1 aliphatic carbocycles. The Balaban J connectivity index is 1.59. The van der Waals surface area contributed by atoms with E-state index < -0.39 is 0 Å². The van der Waals surface area contributed by atoms with Crippen LogP contribution >= 0.6 is 23.3 Å². The molecule has 1 N–H and O–H groups in total. The quantitative estimate of drug-likeness (QED) is 0.757. The van der Waals surface area contributed by atoms with Gasteiger partial charge in [0.1, 0.15) is 6.33 Å². The van der Waals surface area contributed by atoms with Crippen molar-refractivity contribution < 1.29 is 0 Å². The minimum atomic E-state index is 0.712. The van der Waals surface area contributed by atoms with Crippen molar-refractivity contribution in [2.24, 2.45) is 5.92 Å². The largest absolute Gasteiger partial charge is 0.314 e. The van der Waals surface area contributed by atoms with Crippen molar-refractivity contribution in [3.8, 4) is 0 Å². The minimum Gasteiger partial charge on any atom is -0.314 e. The molecule has 0 saturated heterocycles. The van der Waals surface area contributed by atoms with Gasteiger partial charge in [-0.3, -0.25) is 0 Å². The van der Waals surface area contributed by atoms with Crippen molar-refractivity contribution in [2.75, 3.05) is 12.3 Å². The third kappa shape index (κ3) is 3.55. The van der Waals surface area contributed by atoms with E-state index in [0.29, 0.717) is 5.92 Å². The summed E-state index contributed by atoms with van der Waals surface area (Å²) in [7, 11) is 0. The average Bonchev–Trinajstić information content (AvgIpc) is 2.87. The molecule has 0 aliphatic heterocycles. The van der Waals surface area contributed by atoms with Gasteiger partial charge in [-0.1, -0.05) is 18.7 Å². The maximum atomic E-state index is 4.15. The Labute approximate surface area is 92.9 Å². The lowest BCUT2D eigenvalue weighted by Gasteiger charge is -2.10. The molecular formula is C9H15N3S2. The monoisotopic (exact) mass is 229 g/mol. The van der Waals surface area contributed by atoms with E-state index in [9.17, 15) is 0 Å². The van der Waals surface area contributed by atoms with E-state index in [2.05, 4.69) is 21.6 Å². The van der Waals surface area contributed by atoms with Gasteiger partial charge in [-0.15, -0.1) is 0 Å². The van der Waals surface area contributed by atoms with Gasteiger partial charge in [0.25, 0.3) is 0 Å². The lowest BCUT2D eigenvalue weighted by Crippen LogP contribution is -2.24. The number of hydrogen-bond acceptors (Lipinski definition) is 5. The smallest absolute Gasteiger partial charge is 0.169 e. The predicted octanol–water partition coefficient (Wildman–Crippen LogP) is 2.02. The first-order valence-corrected chi connectivity index (χ1v) is 6.73. The molecule has 1 atom stereocenters. The van der Waals surface area contributed by atoms with Gasteiger partial charge >= 0.3 is 0 Å². The molecule has 1 aliphatic rings. The summed E-state index contributed by atoms with van der Waals surface area (Å²) in [5, 5.41) is 3.54. The van der Waals surface area contributed by atoms with Crippen LogP contribution in [-0.2, 0) is 0 Å². The first kappa shape index (κ1) is 10.4. The second-order valence-electron chi connectivity index (χ2n) is 3.81. The molecule has 0 spiro atoms. The van der Waals surface area contributed by atoms with Crippen LogP contribution in [0.15, 0.2) is 10.7 Å². The predicted molar refractivity (Wildman–Crippen MR) is 60.8 cm³/mol. The summed E-state index contributed by atoms with van der Waals surface area (Å²) in [5.41, 5.74) is 0. The molecular weight excluding hydrogens is 214 g/mol. The van der Waals surface area contributed by atoms with E-state index in [0.717, 1.165) is 22.7 Å². The van der Waals surface area contributed by atoms with Crippen LogP contribution in [0.3, 0.4) is 0 Å². The molecule has 1 heterocycles. The molecule has 1 aromatic heterocycles. The normalized spacial score (nSPS) is 18.4. The van der Waals surface area contributed by atoms with E-state index in [1.54, 1.807) is 6.33 Å². The van der Waals surface area contributed by atoms with Crippen molar-refractivity contribution in [3.05, 3.63) is 6.33 Å². The highest BCUT2D eigenvalue weighted by Crippen LogP contribution is 2.22. The highest BCUT2D eigenvalue weighted by molar-refractivity contribution is 8.00. The summed E-state index contributed by atoms with van der Waals surface area (Å²) < 4.78 is 5.06. The van der Waals surface area contributed by atoms with Gasteiger partial charge < -0.3 is 5.32 Å². The Kier molecular flexibility index (Phi) is 3.78. The molecule has 0 amide bonds. The zero-order chi connectivity index (χ0) is 9.80. The molecule has 0 radical (unpaired) electrons. The molecule has 3 nitrogen and oxygen atoms in total. The van der Waals surface area contributed by atoms with Crippen molar-refractivity contribution in [2.45, 2.75) is 30.1 Å². The molecule has 1 fully saturated rings. The second kappa shape index (κ2) is 5.09. The number of hydrogen-bond donors (Lipinski definition) is 1. The molecule has 1 unspecified atom stereocenters. The second-order valence-corrected chi connectivity index (χ2v) is 5.85. The maximum Gasteiger partial charge on any atom is 0.169 e. The molecule has 1 saturated carbocycles. The third-order valence-corrected chi connectivity index (χ3v) is 4.29. The van der Waals surface area contributed by atoms with Gasteiger partial charge in [-0.2, -0.15) is 4.37 Å². The first-order valence-electron chi connectivity index (χ1n) is 4.97. The molecule has 5 heteroatoms. The fourth-order valence-corrected chi connectivity index (χ4v) is 2.64. The Morgan fingerprint density at radius 3 is 3.21 bits per heavy atom. The minimum absolute atomic E-state index is 0.712. The van der Waals surface area contributed by atoms with Gasteiger partial charge in [-0.05, 0) is 36.8 Å². The Hall–Kier alpha value is -0.130. The summed E-state index contributed by atoms with van der Waals surface area (Å²) >= 11 is 3.30. The molecule has 2 rings (SSSR count). The van der Waals surface area contributed by atoms with E-state index >= 15 is 0 Å². The summed E-state index contributed by atoms with van der Waals surface area (Å²) in [6.45, 7) is 3.42. The van der Waals surface area contributed by atoms with Gasteiger partial charge in [-0.25, -0.2) is 4.98 Å². The van der Waals surface area contributed by atoms with Crippen molar-refractivity contribution in [1.29, 1.82) is 0 Å². The van der Waals surface area contributed by atoms with Gasteiger partial charge in [0.2, 0.25) is 0 Å². The standard InChI is InChI=1S/C9H15N3S2/c1-7(4-10-8-2-3-8)5-13-9-11-6-12-14-9/h6-8,10H,2-5H2,1H3. The SMILES string of the molecule is CC(CNC1CC1)CSc1ncns1. The van der Waals surface area contributed by atoms with Crippen LogP contribution in [0, 0.1) is 5.92 Å². The van der Waals surface area contributed by atoms with Gasteiger partial charge in [0.15, 0.2) is 4.34 Å². The van der Waals surface area contributed by atoms with Crippen LogP contribution in [0.1, 0.15) is 19.8 Å². The molecule has 1 aromatic rings. The Bertz CT molecular complexity index is 259. The number of thioether (sulfide) groups is 1. The zero-order valence-corrected chi connectivity index (χ0v) is 9.90. The van der Waals surface area contributed by atoms with E-state index in [1.165, 1.54) is 24.4 Å². The van der Waals surface area contributed by atoms with Crippen molar-refractivity contribution >= 4 is 23.3 Å². The molecule has 78 valence electrons. The third-order valence-electron chi connectivity index (χ3n) is 2.16. The lowest BCUT2D eigenvalue weighted by atomic mass is 10.2. The summed E-state index contributed by atoms with van der Waals surface area (Å²) in [6.07, 6.45) is 4.37. The number of aromatic nitrogens is 2. The van der Waals surface area contributed by atoms with Crippen LogP contribution < -0.4 is 5.32 Å². The lowest BCUT2D eigenvalue weighted by molar-refractivity contribution is 0.556. The first-order chi connectivity index (χ1) is 6.84. The van der Waals surface area contributed by atoms with Crippen LogP contribution in [0.2, 0.25) is 0 Å². The van der Waals surface area contributed by atoms with Crippen molar-refractivity contribution in [3.63, 3.8) is 0 Å². The van der Waals surface area contributed by atoms with Crippen molar-refractivity contribution in [1.82, 2.24) is 14.7 Å². The Morgan fingerprint density at radius 1 is 1.71 bits per heavy atom. The van der Waals surface area contributed by atoms with E-state index in [1.807, 2.05) is 11.8 Å². The highest BCUT2D eigenvalue weighted by Gasteiger charge is 2.20. The van der Waals surface area contributed by atoms with Gasteiger partial charge in [0.05, 0.1) is 0 Å². The number of rotatable bonds is 6. The summed E-state index contributed by atoms with van der Waals surface area (Å²) in [4.78, 5) is 4.15.